The highest BCUT2D eigenvalue weighted by atomic mass is 16.5. The predicted octanol–water partition coefficient (Wildman–Crippen LogP) is 1.98. The lowest BCUT2D eigenvalue weighted by Crippen LogP contribution is -2.09. The molecule has 1 aromatic carbocycles. The molecule has 88 valence electrons. The van der Waals surface area contributed by atoms with Gasteiger partial charge in [-0.2, -0.15) is 0 Å². The van der Waals surface area contributed by atoms with Crippen molar-refractivity contribution in [3.05, 3.63) is 29.8 Å². The van der Waals surface area contributed by atoms with Gasteiger partial charge in [-0.15, -0.1) is 0 Å². The molecule has 0 saturated carbocycles. The Hall–Kier alpha value is -1.35. The van der Waals surface area contributed by atoms with Crippen molar-refractivity contribution in [2.75, 3.05) is 19.7 Å². The van der Waals surface area contributed by atoms with Crippen LogP contribution in [0.1, 0.15) is 25.3 Å². The van der Waals surface area contributed by atoms with Crippen molar-refractivity contribution in [2.45, 2.75) is 19.8 Å². The fourth-order valence-corrected chi connectivity index (χ4v) is 1.55. The number of benzene rings is 1. The Bertz CT molecular complexity index is 323. The summed E-state index contributed by atoms with van der Waals surface area (Å²) in [5.74, 6) is 0.802. The van der Waals surface area contributed by atoms with Crippen LogP contribution in [0.25, 0.3) is 0 Å². The van der Waals surface area contributed by atoms with E-state index in [1.807, 2.05) is 24.3 Å². The number of ether oxygens (including phenoxy) is 1. The lowest BCUT2D eigenvalue weighted by atomic mass is 10.0. The molecule has 16 heavy (non-hydrogen) atoms. The van der Waals surface area contributed by atoms with Crippen LogP contribution in [-0.4, -0.2) is 26.0 Å². The van der Waals surface area contributed by atoms with Gasteiger partial charge in [0.1, 0.15) is 18.6 Å². The predicted molar refractivity (Wildman–Crippen MR) is 65.0 cm³/mol. The number of hydrogen-bond acceptors (Lipinski definition) is 3. The van der Waals surface area contributed by atoms with Crippen LogP contribution in [0, 0.1) is 0 Å². The molecule has 0 amide bonds. The van der Waals surface area contributed by atoms with Gasteiger partial charge in [0.2, 0.25) is 0 Å². The minimum atomic E-state index is -0.0498. The van der Waals surface area contributed by atoms with E-state index in [-0.39, 0.29) is 5.92 Å². The maximum Gasteiger partial charge on any atom is 0.131 e. The van der Waals surface area contributed by atoms with Crippen LogP contribution < -0.4 is 10.1 Å². The van der Waals surface area contributed by atoms with E-state index in [0.29, 0.717) is 6.61 Å². The van der Waals surface area contributed by atoms with E-state index in [4.69, 9.17) is 4.74 Å². The molecule has 0 spiro atoms. The second-order valence-electron chi connectivity index (χ2n) is 3.55. The molecule has 1 aromatic rings. The van der Waals surface area contributed by atoms with Crippen molar-refractivity contribution in [1.29, 1.82) is 0 Å². The van der Waals surface area contributed by atoms with Gasteiger partial charge in [0, 0.05) is 5.56 Å². The minimum absolute atomic E-state index is 0.0498. The fourth-order valence-electron chi connectivity index (χ4n) is 1.55. The zero-order valence-corrected chi connectivity index (χ0v) is 9.90. The van der Waals surface area contributed by atoms with Crippen LogP contribution in [0.3, 0.4) is 0 Å². The highest BCUT2D eigenvalue weighted by molar-refractivity contribution is 5.66. The maximum atomic E-state index is 10.5. The molecule has 1 atom stereocenters. The molecule has 0 fully saturated rings. The molecule has 0 aliphatic carbocycles. The normalized spacial score (nSPS) is 16.8. The van der Waals surface area contributed by atoms with E-state index in [9.17, 15) is 4.79 Å². The van der Waals surface area contributed by atoms with Gasteiger partial charge in [-0.05, 0) is 19.2 Å². The zero-order chi connectivity index (χ0) is 11.8. The van der Waals surface area contributed by atoms with Gasteiger partial charge >= 0.3 is 0 Å². The van der Waals surface area contributed by atoms with Crippen molar-refractivity contribution in [2.24, 2.45) is 0 Å². The second-order valence-corrected chi connectivity index (χ2v) is 3.55. The number of fused-ring (bicyclic) bond motifs is 1. The number of rotatable bonds is 3. The number of carbonyl (C=O) groups is 1. The summed E-state index contributed by atoms with van der Waals surface area (Å²) in [4.78, 5) is 10.5. The summed E-state index contributed by atoms with van der Waals surface area (Å²) in [6.45, 7) is 6.89. The van der Waals surface area contributed by atoms with Crippen molar-refractivity contribution < 1.29 is 9.53 Å². The van der Waals surface area contributed by atoms with Crippen LogP contribution in [0.5, 0.6) is 5.75 Å². The summed E-state index contributed by atoms with van der Waals surface area (Å²) < 4.78 is 5.27. The fraction of sp³-hybridized carbons (Fsp3) is 0.462. The Morgan fingerprint density at radius 3 is 2.62 bits per heavy atom. The number of hydrogen-bond donors (Lipinski definition) is 1. The van der Waals surface area contributed by atoms with Gasteiger partial charge in [-0.3, -0.25) is 0 Å². The molecule has 1 N–H and O–H groups in total. The highest BCUT2D eigenvalue weighted by Gasteiger charge is 2.22. The maximum absolute atomic E-state index is 10.5. The van der Waals surface area contributed by atoms with Gasteiger partial charge in [0.15, 0.2) is 0 Å². The van der Waals surface area contributed by atoms with Gasteiger partial charge in [0.25, 0.3) is 0 Å². The smallest absolute Gasteiger partial charge is 0.131 e. The monoisotopic (exact) mass is 221 g/mol. The van der Waals surface area contributed by atoms with Gasteiger partial charge in [-0.25, -0.2) is 0 Å². The lowest BCUT2D eigenvalue weighted by Gasteiger charge is -1.95. The third-order valence-corrected chi connectivity index (χ3v) is 2.40. The zero-order valence-electron chi connectivity index (χ0n) is 9.90. The average molecular weight is 221 g/mol. The van der Waals surface area contributed by atoms with E-state index in [0.717, 1.165) is 30.7 Å². The largest absolute Gasteiger partial charge is 0.492 e. The third kappa shape index (κ3) is 3.35. The van der Waals surface area contributed by atoms with E-state index in [2.05, 4.69) is 19.2 Å². The average Bonchev–Trinajstić information content (AvgIpc) is 2.74. The van der Waals surface area contributed by atoms with Crippen molar-refractivity contribution in [3.63, 3.8) is 0 Å². The van der Waals surface area contributed by atoms with E-state index < -0.39 is 0 Å². The first-order valence-electron chi connectivity index (χ1n) is 5.71. The first-order chi connectivity index (χ1) is 7.83. The molecule has 3 nitrogen and oxygen atoms in total. The quantitative estimate of drug-likeness (QED) is 0.793. The first kappa shape index (κ1) is 12.7. The molecule has 2 rings (SSSR count). The molecular formula is C13H19NO2. The number of nitrogens with one attached hydrogen (secondary N) is 1. The van der Waals surface area contributed by atoms with Crippen LogP contribution in [-0.2, 0) is 4.79 Å². The van der Waals surface area contributed by atoms with Crippen LogP contribution in [0.15, 0.2) is 24.3 Å². The molecule has 1 aliphatic heterocycles. The summed E-state index contributed by atoms with van der Waals surface area (Å²) in [7, 11) is 0. The standard InChI is InChI=1S/C9H8O2.C4H11N/c10-5-7-6-11-9-4-2-1-3-8(7)9;1-3-5-4-2/h1-5,7H,6H2;5H,3-4H2,1-2H3. The van der Waals surface area contributed by atoms with Crippen LogP contribution in [0.2, 0.25) is 0 Å². The van der Waals surface area contributed by atoms with E-state index >= 15 is 0 Å². The Balaban J connectivity index is 0.000000221. The first-order valence-corrected chi connectivity index (χ1v) is 5.71. The van der Waals surface area contributed by atoms with Gasteiger partial charge in [-0.1, -0.05) is 32.0 Å². The van der Waals surface area contributed by atoms with Gasteiger partial charge in [0.05, 0.1) is 5.92 Å². The summed E-state index contributed by atoms with van der Waals surface area (Å²) in [5.41, 5.74) is 1.02. The summed E-state index contributed by atoms with van der Waals surface area (Å²) >= 11 is 0. The Morgan fingerprint density at radius 1 is 1.38 bits per heavy atom. The van der Waals surface area contributed by atoms with Crippen molar-refractivity contribution in [3.8, 4) is 5.75 Å². The Kier molecular flexibility index (Phi) is 5.57. The molecule has 3 heteroatoms. The van der Waals surface area contributed by atoms with Gasteiger partial charge < -0.3 is 14.8 Å². The van der Waals surface area contributed by atoms with Crippen LogP contribution in [0.4, 0.5) is 0 Å². The summed E-state index contributed by atoms with van der Waals surface area (Å²) in [6.07, 6.45) is 0.936. The SMILES string of the molecule is CCNCC.O=CC1COc2ccccc21. The molecular weight excluding hydrogens is 202 g/mol. The topological polar surface area (TPSA) is 38.3 Å². The Morgan fingerprint density at radius 2 is 2.06 bits per heavy atom. The van der Waals surface area contributed by atoms with Crippen molar-refractivity contribution in [1.82, 2.24) is 5.32 Å². The molecule has 0 saturated heterocycles. The van der Waals surface area contributed by atoms with E-state index in [1.165, 1.54) is 0 Å². The number of aldehydes is 1. The molecule has 0 aromatic heterocycles. The number of para-hydroxylation sites is 1. The van der Waals surface area contributed by atoms with E-state index in [1.54, 1.807) is 0 Å². The molecule has 1 unspecified atom stereocenters. The molecule has 1 aliphatic rings. The third-order valence-electron chi connectivity index (χ3n) is 2.40. The highest BCUT2D eigenvalue weighted by Crippen LogP contribution is 2.31. The van der Waals surface area contributed by atoms with Crippen LogP contribution >= 0.6 is 0 Å². The lowest BCUT2D eigenvalue weighted by molar-refractivity contribution is -0.109. The van der Waals surface area contributed by atoms with Crippen molar-refractivity contribution >= 4 is 6.29 Å². The molecule has 0 radical (unpaired) electrons. The summed E-state index contributed by atoms with van der Waals surface area (Å²) in [5, 5.41) is 3.11. The Labute approximate surface area is 96.8 Å². The number of carbonyl (C=O) groups excluding carboxylic acids is 1. The minimum Gasteiger partial charge on any atom is -0.492 e. The molecule has 0 bridgehead atoms. The second kappa shape index (κ2) is 7.01. The summed E-state index contributed by atoms with van der Waals surface area (Å²) in [6, 6.07) is 7.65. The molecule has 1 heterocycles.